The molecule has 0 amide bonds. The molecule has 2 heterocycles. The highest BCUT2D eigenvalue weighted by atomic mass is 16.6. The number of hydrogen-bond acceptors (Lipinski definition) is 8. The summed E-state index contributed by atoms with van der Waals surface area (Å²) in [5, 5.41) is 0. The van der Waals surface area contributed by atoms with Crippen LogP contribution in [0.25, 0.3) is 0 Å². The van der Waals surface area contributed by atoms with E-state index in [1.807, 2.05) is 0 Å². The van der Waals surface area contributed by atoms with Crippen LogP contribution in [0.15, 0.2) is 0 Å². The Kier molecular flexibility index (Phi) is 4.23. The van der Waals surface area contributed by atoms with Crippen molar-refractivity contribution in [3.05, 3.63) is 0 Å². The third-order valence-electron chi connectivity index (χ3n) is 2.81. The van der Waals surface area contributed by atoms with Crippen molar-refractivity contribution in [1.29, 1.82) is 0 Å². The number of carbonyl (C=O) groups is 4. The third-order valence-corrected chi connectivity index (χ3v) is 2.81. The zero-order chi connectivity index (χ0) is 13.8. The summed E-state index contributed by atoms with van der Waals surface area (Å²) in [7, 11) is 0. The van der Waals surface area contributed by atoms with E-state index in [-0.39, 0.29) is 26.2 Å². The van der Waals surface area contributed by atoms with Crippen molar-refractivity contribution >= 4 is 23.9 Å². The SMILES string of the molecule is O=C1CN(CCCN2CC(=O)OC(=O)C2)CC(=O)O1. The molecule has 0 spiro atoms. The molecule has 2 rings (SSSR count). The molecule has 0 aromatic heterocycles. The average molecular weight is 270 g/mol. The standard InChI is InChI=1S/C11H14N2O6/c14-8-4-12(5-9(15)18-8)2-1-3-13-6-10(16)19-11(17)7-13/h1-7H2. The predicted molar refractivity (Wildman–Crippen MR) is 59.7 cm³/mol. The van der Waals surface area contributed by atoms with Gasteiger partial charge in [0.2, 0.25) is 0 Å². The van der Waals surface area contributed by atoms with Gasteiger partial charge in [-0.2, -0.15) is 0 Å². The first kappa shape index (κ1) is 13.6. The summed E-state index contributed by atoms with van der Waals surface area (Å²) in [6, 6.07) is 0. The van der Waals surface area contributed by atoms with Crippen LogP contribution in [0.1, 0.15) is 6.42 Å². The lowest BCUT2D eigenvalue weighted by Crippen LogP contribution is -2.46. The summed E-state index contributed by atoms with van der Waals surface area (Å²) in [4.78, 5) is 47.5. The molecule has 2 fully saturated rings. The zero-order valence-electron chi connectivity index (χ0n) is 10.3. The van der Waals surface area contributed by atoms with Crippen molar-refractivity contribution < 1.29 is 28.7 Å². The van der Waals surface area contributed by atoms with Gasteiger partial charge in [-0.05, 0) is 6.42 Å². The van der Waals surface area contributed by atoms with E-state index in [0.717, 1.165) is 0 Å². The molecule has 0 atom stereocenters. The lowest BCUT2D eigenvalue weighted by atomic mass is 10.3. The molecule has 19 heavy (non-hydrogen) atoms. The smallest absolute Gasteiger partial charge is 0.327 e. The maximum absolute atomic E-state index is 11.0. The molecular formula is C11H14N2O6. The van der Waals surface area contributed by atoms with Crippen LogP contribution in [0.4, 0.5) is 0 Å². The summed E-state index contributed by atoms with van der Waals surface area (Å²) >= 11 is 0. The predicted octanol–water partition coefficient (Wildman–Crippen LogP) is -1.85. The summed E-state index contributed by atoms with van der Waals surface area (Å²) in [5.74, 6) is -2.19. The number of hydrogen-bond donors (Lipinski definition) is 0. The van der Waals surface area contributed by atoms with Gasteiger partial charge in [0, 0.05) is 13.1 Å². The molecule has 8 heteroatoms. The van der Waals surface area contributed by atoms with E-state index in [9.17, 15) is 19.2 Å². The molecular weight excluding hydrogens is 256 g/mol. The molecule has 2 aliphatic heterocycles. The van der Waals surface area contributed by atoms with Crippen LogP contribution in [0.3, 0.4) is 0 Å². The van der Waals surface area contributed by atoms with E-state index in [1.54, 1.807) is 9.80 Å². The maximum atomic E-state index is 11.0. The topological polar surface area (TPSA) is 93.2 Å². The fraction of sp³-hybridized carbons (Fsp3) is 0.636. The Morgan fingerprint density at radius 2 is 1.00 bits per heavy atom. The van der Waals surface area contributed by atoms with E-state index >= 15 is 0 Å². The fourth-order valence-corrected chi connectivity index (χ4v) is 2.06. The Morgan fingerprint density at radius 1 is 0.684 bits per heavy atom. The number of esters is 4. The molecule has 0 aliphatic carbocycles. The van der Waals surface area contributed by atoms with Gasteiger partial charge in [-0.3, -0.25) is 29.0 Å². The van der Waals surface area contributed by atoms with Crippen LogP contribution in [0.2, 0.25) is 0 Å². The highest BCUT2D eigenvalue weighted by molar-refractivity contribution is 5.90. The van der Waals surface area contributed by atoms with Gasteiger partial charge < -0.3 is 9.47 Å². The van der Waals surface area contributed by atoms with Crippen molar-refractivity contribution in [1.82, 2.24) is 9.80 Å². The zero-order valence-corrected chi connectivity index (χ0v) is 10.3. The molecule has 2 aliphatic rings. The van der Waals surface area contributed by atoms with Gasteiger partial charge in [-0.25, -0.2) is 0 Å². The number of nitrogens with zero attached hydrogens (tertiary/aromatic N) is 2. The van der Waals surface area contributed by atoms with Crippen LogP contribution in [-0.4, -0.2) is 72.9 Å². The minimum absolute atomic E-state index is 0.0900. The second-order valence-electron chi connectivity index (χ2n) is 4.47. The fourth-order valence-electron chi connectivity index (χ4n) is 2.06. The number of ether oxygens (including phenoxy) is 2. The first-order valence-corrected chi connectivity index (χ1v) is 5.94. The highest BCUT2D eigenvalue weighted by Gasteiger charge is 2.26. The number of morpholine rings is 2. The van der Waals surface area contributed by atoms with Crippen molar-refractivity contribution in [2.45, 2.75) is 6.42 Å². The van der Waals surface area contributed by atoms with Gasteiger partial charge >= 0.3 is 23.9 Å². The lowest BCUT2D eigenvalue weighted by Gasteiger charge is -2.27. The van der Waals surface area contributed by atoms with Gasteiger partial charge in [0.05, 0.1) is 26.2 Å². The van der Waals surface area contributed by atoms with Crippen LogP contribution in [-0.2, 0) is 28.7 Å². The van der Waals surface area contributed by atoms with E-state index in [2.05, 4.69) is 9.47 Å². The largest absolute Gasteiger partial charge is 0.391 e. The second kappa shape index (κ2) is 5.89. The van der Waals surface area contributed by atoms with E-state index in [4.69, 9.17) is 0 Å². The molecule has 0 aromatic carbocycles. The molecule has 2 saturated heterocycles. The Bertz CT molecular complexity index is 351. The number of rotatable bonds is 4. The third kappa shape index (κ3) is 4.11. The minimum atomic E-state index is -0.548. The number of carbonyl (C=O) groups excluding carboxylic acids is 4. The molecule has 0 saturated carbocycles. The quantitative estimate of drug-likeness (QED) is 0.434. The summed E-state index contributed by atoms with van der Waals surface area (Å²) in [6.07, 6.45) is 0.640. The summed E-state index contributed by atoms with van der Waals surface area (Å²) in [6.45, 7) is 1.42. The van der Waals surface area contributed by atoms with Crippen molar-refractivity contribution in [3.8, 4) is 0 Å². The Balaban J connectivity index is 1.71. The van der Waals surface area contributed by atoms with Crippen LogP contribution >= 0.6 is 0 Å². The van der Waals surface area contributed by atoms with Crippen LogP contribution in [0.5, 0.6) is 0 Å². The molecule has 0 aromatic rings. The van der Waals surface area contributed by atoms with Crippen molar-refractivity contribution in [2.24, 2.45) is 0 Å². The van der Waals surface area contributed by atoms with Crippen molar-refractivity contribution in [3.63, 3.8) is 0 Å². The summed E-state index contributed by atoms with van der Waals surface area (Å²) < 4.78 is 8.81. The highest BCUT2D eigenvalue weighted by Crippen LogP contribution is 2.04. The van der Waals surface area contributed by atoms with Gasteiger partial charge in [-0.15, -0.1) is 0 Å². The second-order valence-corrected chi connectivity index (χ2v) is 4.47. The van der Waals surface area contributed by atoms with E-state index in [0.29, 0.717) is 19.5 Å². The summed E-state index contributed by atoms with van der Waals surface area (Å²) in [5.41, 5.74) is 0. The first-order valence-electron chi connectivity index (χ1n) is 5.94. The lowest BCUT2D eigenvalue weighted by molar-refractivity contribution is -0.167. The van der Waals surface area contributed by atoms with E-state index in [1.165, 1.54) is 0 Å². The Morgan fingerprint density at radius 3 is 1.32 bits per heavy atom. The normalized spacial score (nSPS) is 22.3. The molecule has 0 radical (unpaired) electrons. The van der Waals surface area contributed by atoms with Gasteiger partial charge in [0.25, 0.3) is 0 Å². The molecule has 0 bridgehead atoms. The van der Waals surface area contributed by atoms with Crippen molar-refractivity contribution in [2.75, 3.05) is 39.3 Å². The molecule has 0 N–H and O–H groups in total. The minimum Gasteiger partial charge on any atom is -0.391 e. The Hall–Kier alpha value is -1.80. The average Bonchev–Trinajstić information content (AvgIpc) is 2.26. The van der Waals surface area contributed by atoms with Gasteiger partial charge in [0.1, 0.15) is 0 Å². The van der Waals surface area contributed by atoms with Crippen LogP contribution < -0.4 is 0 Å². The number of cyclic esters (lactones) is 4. The van der Waals surface area contributed by atoms with E-state index < -0.39 is 23.9 Å². The monoisotopic (exact) mass is 270 g/mol. The first-order chi connectivity index (χ1) is 9.02. The molecule has 0 unspecified atom stereocenters. The van der Waals surface area contributed by atoms with Gasteiger partial charge in [0.15, 0.2) is 0 Å². The van der Waals surface area contributed by atoms with Crippen LogP contribution in [0, 0.1) is 0 Å². The van der Waals surface area contributed by atoms with Gasteiger partial charge in [-0.1, -0.05) is 0 Å². The molecule has 8 nitrogen and oxygen atoms in total. The Labute approximate surface area is 109 Å². The molecule has 104 valence electrons. The maximum Gasteiger partial charge on any atom is 0.327 e.